The molecule has 0 radical (unpaired) electrons. The normalized spacial score (nSPS) is 16.5. The number of benzene rings is 2. The molecule has 1 N–H and O–H groups in total. The first-order valence-electron chi connectivity index (χ1n) is 8.27. The Morgan fingerprint density at radius 1 is 1.19 bits per heavy atom. The van der Waals surface area contributed by atoms with Crippen molar-refractivity contribution in [2.24, 2.45) is 0 Å². The molecule has 1 aliphatic heterocycles. The average molecular weight is 354 g/mol. The zero-order valence-electron chi connectivity index (χ0n) is 14.2. The van der Waals surface area contributed by atoms with E-state index in [1.54, 1.807) is 4.90 Å². The van der Waals surface area contributed by atoms with Crippen molar-refractivity contribution < 1.29 is 19.6 Å². The van der Waals surface area contributed by atoms with Gasteiger partial charge >= 0.3 is 5.97 Å². The summed E-state index contributed by atoms with van der Waals surface area (Å²) in [5.41, 5.74) is 1.45. The molecule has 134 valence electrons. The van der Waals surface area contributed by atoms with Crippen LogP contribution in [0.4, 0.5) is 5.69 Å². The number of nitro benzene ring substituents is 1. The van der Waals surface area contributed by atoms with Gasteiger partial charge in [0, 0.05) is 24.2 Å². The third kappa shape index (κ3) is 3.42. The Labute approximate surface area is 150 Å². The Bertz CT molecular complexity index is 861. The van der Waals surface area contributed by atoms with E-state index in [-0.39, 0.29) is 23.1 Å². The second-order valence-electron chi connectivity index (χ2n) is 6.40. The van der Waals surface area contributed by atoms with Crippen LogP contribution in [0.25, 0.3) is 0 Å². The Kier molecular flexibility index (Phi) is 4.71. The Morgan fingerprint density at radius 3 is 2.58 bits per heavy atom. The molecule has 26 heavy (non-hydrogen) atoms. The molecule has 1 atom stereocenters. The van der Waals surface area contributed by atoms with Crippen LogP contribution in [-0.4, -0.2) is 33.4 Å². The first kappa shape index (κ1) is 17.6. The van der Waals surface area contributed by atoms with E-state index < -0.39 is 16.6 Å². The second kappa shape index (κ2) is 6.95. The summed E-state index contributed by atoms with van der Waals surface area (Å²) in [7, 11) is 0. The van der Waals surface area contributed by atoms with E-state index in [0.717, 1.165) is 36.1 Å². The van der Waals surface area contributed by atoms with Crippen molar-refractivity contribution in [2.75, 3.05) is 6.54 Å². The number of aryl methyl sites for hydroxylation is 1. The van der Waals surface area contributed by atoms with Gasteiger partial charge in [-0.15, -0.1) is 0 Å². The van der Waals surface area contributed by atoms with Gasteiger partial charge in [-0.05, 0) is 31.4 Å². The van der Waals surface area contributed by atoms with Crippen LogP contribution in [0.15, 0.2) is 42.5 Å². The summed E-state index contributed by atoms with van der Waals surface area (Å²) < 4.78 is 0. The number of carboxylic acids is 1. The topological polar surface area (TPSA) is 101 Å². The number of non-ortho nitro benzene ring substituents is 1. The number of carbonyl (C=O) groups excluding carboxylic acids is 1. The van der Waals surface area contributed by atoms with Gasteiger partial charge in [0.2, 0.25) is 0 Å². The fourth-order valence-electron chi connectivity index (χ4n) is 3.36. The number of nitrogens with zero attached hydrogens (tertiary/aromatic N) is 2. The lowest BCUT2D eigenvalue weighted by Gasteiger charge is -2.25. The van der Waals surface area contributed by atoms with Crippen LogP contribution in [0.1, 0.15) is 50.7 Å². The molecule has 3 rings (SSSR count). The molecule has 1 fully saturated rings. The van der Waals surface area contributed by atoms with Crippen molar-refractivity contribution in [1.29, 1.82) is 0 Å². The van der Waals surface area contributed by atoms with Crippen molar-refractivity contribution in [3.63, 3.8) is 0 Å². The van der Waals surface area contributed by atoms with E-state index in [0.29, 0.717) is 6.54 Å². The SMILES string of the molecule is Cc1cccc(C2CCCN2C(=O)c2cc(C(=O)O)cc([N+](=O)[O-])c2)c1. The highest BCUT2D eigenvalue weighted by molar-refractivity contribution is 5.98. The van der Waals surface area contributed by atoms with Gasteiger partial charge < -0.3 is 10.0 Å². The first-order valence-corrected chi connectivity index (χ1v) is 8.27. The van der Waals surface area contributed by atoms with E-state index in [1.807, 2.05) is 31.2 Å². The van der Waals surface area contributed by atoms with Crippen LogP contribution in [0.3, 0.4) is 0 Å². The maximum Gasteiger partial charge on any atom is 0.335 e. The van der Waals surface area contributed by atoms with Gasteiger partial charge in [0.15, 0.2) is 0 Å². The summed E-state index contributed by atoms with van der Waals surface area (Å²) in [6.07, 6.45) is 1.63. The van der Waals surface area contributed by atoms with Gasteiger partial charge in [-0.25, -0.2) is 4.79 Å². The zero-order chi connectivity index (χ0) is 18.8. The lowest BCUT2D eigenvalue weighted by molar-refractivity contribution is -0.384. The van der Waals surface area contributed by atoms with Crippen molar-refractivity contribution in [3.05, 3.63) is 74.8 Å². The highest BCUT2D eigenvalue weighted by Crippen LogP contribution is 2.34. The summed E-state index contributed by atoms with van der Waals surface area (Å²) in [5, 5.41) is 20.3. The maximum atomic E-state index is 13.0. The standard InChI is InChI=1S/C19H18N2O5/c1-12-4-2-5-13(8-12)17-6-3-7-20(17)18(22)14-9-15(19(23)24)11-16(10-14)21(25)26/h2,4-5,8-11,17H,3,6-7H2,1H3,(H,23,24). The summed E-state index contributed by atoms with van der Waals surface area (Å²) in [6, 6.07) is 11.1. The van der Waals surface area contributed by atoms with Crippen LogP contribution >= 0.6 is 0 Å². The van der Waals surface area contributed by atoms with E-state index in [1.165, 1.54) is 6.07 Å². The molecule has 0 aromatic heterocycles. The molecule has 1 aliphatic rings. The Hall–Kier alpha value is -3.22. The number of hydrogen-bond acceptors (Lipinski definition) is 4. The smallest absolute Gasteiger partial charge is 0.335 e. The molecule has 7 heteroatoms. The van der Waals surface area contributed by atoms with E-state index in [2.05, 4.69) is 0 Å². The van der Waals surface area contributed by atoms with Gasteiger partial charge in [-0.2, -0.15) is 0 Å². The lowest BCUT2D eigenvalue weighted by atomic mass is 10.0. The summed E-state index contributed by atoms with van der Waals surface area (Å²) in [4.78, 5) is 36.3. The quantitative estimate of drug-likeness (QED) is 0.668. The third-order valence-corrected chi connectivity index (χ3v) is 4.56. The van der Waals surface area contributed by atoms with Gasteiger partial charge in [0.25, 0.3) is 11.6 Å². The molecule has 0 bridgehead atoms. The number of rotatable bonds is 4. The number of aromatic carboxylic acids is 1. The van der Waals surface area contributed by atoms with Crippen molar-refractivity contribution in [2.45, 2.75) is 25.8 Å². The minimum Gasteiger partial charge on any atom is -0.478 e. The number of hydrogen-bond donors (Lipinski definition) is 1. The molecule has 2 aromatic carbocycles. The highest BCUT2D eigenvalue weighted by atomic mass is 16.6. The van der Waals surface area contributed by atoms with Gasteiger partial charge in [0.1, 0.15) is 0 Å². The van der Waals surface area contributed by atoms with Crippen LogP contribution in [0.5, 0.6) is 0 Å². The van der Waals surface area contributed by atoms with Gasteiger partial charge in [-0.3, -0.25) is 14.9 Å². The summed E-state index contributed by atoms with van der Waals surface area (Å²) >= 11 is 0. The molecule has 1 saturated heterocycles. The number of nitro groups is 1. The van der Waals surface area contributed by atoms with Gasteiger partial charge in [-0.1, -0.05) is 29.8 Å². The number of likely N-dealkylation sites (tertiary alicyclic amines) is 1. The molecule has 7 nitrogen and oxygen atoms in total. The predicted octanol–water partition coefficient (Wildman–Crippen LogP) is 3.58. The van der Waals surface area contributed by atoms with Crippen LogP contribution in [0.2, 0.25) is 0 Å². The van der Waals surface area contributed by atoms with E-state index >= 15 is 0 Å². The molecule has 1 heterocycles. The minimum absolute atomic E-state index is 0.0242. The van der Waals surface area contributed by atoms with Crippen molar-refractivity contribution in [3.8, 4) is 0 Å². The Morgan fingerprint density at radius 2 is 1.92 bits per heavy atom. The largest absolute Gasteiger partial charge is 0.478 e. The number of carboxylic acid groups (broad SMARTS) is 1. The highest BCUT2D eigenvalue weighted by Gasteiger charge is 2.31. The lowest BCUT2D eigenvalue weighted by Crippen LogP contribution is -2.30. The minimum atomic E-state index is -1.31. The summed E-state index contributed by atoms with van der Waals surface area (Å²) in [6.45, 7) is 2.51. The van der Waals surface area contributed by atoms with Crippen molar-refractivity contribution in [1.82, 2.24) is 4.90 Å². The molecule has 1 amide bonds. The second-order valence-corrected chi connectivity index (χ2v) is 6.40. The maximum absolute atomic E-state index is 13.0. The monoisotopic (exact) mass is 354 g/mol. The van der Waals surface area contributed by atoms with Crippen molar-refractivity contribution >= 4 is 17.6 Å². The van der Waals surface area contributed by atoms with Crippen LogP contribution < -0.4 is 0 Å². The van der Waals surface area contributed by atoms with E-state index in [4.69, 9.17) is 0 Å². The number of amides is 1. The fraction of sp³-hybridized carbons (Fsp3) is 0.263. The molecular formula is C19H18N2O5. The Balaban J connectivity index is 1.97. The average Bonchev–Trinajstić information content (AvgIpc) is 3.10. The summed E-state index contributed by atoms with van der Waals surface area (Å²) in [5.74, 6) is -1.69. The molecule has 0 aliphatic carbocycles. The number of carbonyl (C=O) groups is 2. The third-order valence-electron chi connectivity index (χ3n) is 4.56. The first-order chi connectivity index (χ1) is 12.4. The van der Waals surface area contributed by atoms with Crippen LogP contribution in [0, 0.1) is 17.0 Å². The van der Waals surface area contributed by atoms with E-state index in [9.17, 15) is 24.8 Å². The molecule has 1 unspecified atom stereocenters. The molecule has 0 saturated carbocycles. The molecular weight excluding hydrogens is 336 g/mol. The molecule has 0 spiro atoms. The van der Waals surface area contributed by atoms with Crippen LogP contribution in [-0.2, 0) is 0 Å². The molecule has 2 aromatic rings. The zero-order valence-corrected chi connectivity index (χ0v) is 14.2. The fourth-order valence-corrected chi connectivity index (χ4v) is 3.36. The van der Waals surface area contributed by atoms with Gasteiger partial charge in [0.05, 0.1) is 16.5 Å². The predicted molar refractivity (Wildman–Crippen MR) is 94.2 cm³/mol.